The highest BCUT2D eigenvalue weighted by molar-refractivity contribution is 7.98. The van der Waals surface area contributed by atoms with E-state index in [9.17, 15) is 9.59 Å². The third kappa shape index (κ3) is 3.85. The maximum absolute atomic E-state index is 12.3. The average Bonchev–Trinajstić information content (AvgIpc) is 2.55. The molecule has 1 amide bonds. The molecule has 0 radical (unpaired) electrons. The molecule has 0 spiro atoms. The minimum Gasteiger partial charge on any atom is -0.462 e. The maximum Gasteiger partial charge on any atom is 0.338 e. The van der Waals surface area contributed by atoms with Crippen LogP contribution in [0.3, 0.4) is 0 Å². The van der Waals surface area contributed by atoms with Crippen LogP contribution in [0.1, 0.15) is 27.6 Å². The number of hydrogen-bond acceptors (Lipinski definition) is 5. The number of benzene rings is 1. The number of ether oxygens (including phenoxy) is 1. The van der Waals surface area contributed by atoms with Gasteiger partial charge in [0, 0.05) is 11.9 Å². The van der Waals surface area contributed by atoms with E-state index in [4.69, 9.17) is 4.74 Å². The van der Waals surface area contributed by atoms with Crippen LogP contribution in [-0.4, -0.2) is 29.7 Å². The van der Waals surface area contributed by atoms with Gasteiger partial charge in [0.05, 0.1) is 17.7 Å². The number of rotatable bonds is 5. The summed E-state index contributed by atoms with van der Waals surface area (Å²) in [6.45, 7) is 2.05. The molecule has 0 aliphatic carbocycles. The summed E-state index contributed by atoms with van der Waals surface area (Å²) >= 11 is 1.40. The number of hydrogen-bond donors (Lipinski definition) is 1. The molecular weight excluding hydrogens is 300 g/mol. The second-order valence-corrected chi connectivity index (χ2v) is 5.11. The normalized spacial score (nSPS) is 10.1. The smallest absolute Gasteiger partial charge is 0.338 e. The fourth-order valence-corrected chi connectivity index (χ4v) is 2.41. The lowest BCUT2D eigenvalue weighted by molar-refractivity contribution is 0.0526. The van der Waals surface area contributed by atoms with Crippen LogP contribution in [0.25, 0.3) is 0 Å². The minimum absolute atomic E-state index is 0.265. The number of nitrogens with zero attached hydrogens (tertiary/aromatic N) is 1. The summed E-state index contributed by atoms with van der Waals surface area (Å²) in [6, 6.07) is 10.1. The summed E-state index contributed by atoms with van der Waals surface area (Å²) in [5.74, 6) is -0.678. The lowest BCUT2D eigenvalue weighted by atomic mass is 10.2. The first-order valence-corrected chi connectivity index (χ1v) is 7.95. The van der Waals surface area contributed by atoms with Crippen LogP contribution in [0.5, 0.6) is 0 Å². The van der Waals surface area contributed by atoms with Gasteiger partial charge in [-0.1, -0.05) is 6.07 Å². The van der Waals surface area contributed by atoms with Gasteiger partial charge in [0.15, 0.2) is 0 Å². The van der Waals surface area contributed by atoms with Crippen LogP contribution in [0.15, 0.2) is 47.6 Å². The first-order valence-electron chi connectivity index (χ1n) is 6.73. The second kappa shape index (κ2) is 7.61. The number of nitrogens with one attached hydrogen (secondary N) is 1. The number of anilines is 1. The van der Waals surface area contributed by atoms with E-state index in [1.807, 2.05) is 6.26 Å². The molecule has 1 heterocycles. The summed E-state index contributed by atoms with van der Waals surface area (Å²) < 4.78 is 4.94. The molecule has 22 heavy (non-hydrogen) atoms. The molecule has 0 aliphatic rings. The van der Waals surface area contributed by atoms with Gasteiger partial charge in [0.2, 0.25) is 0 Å². The number of amides is 1. The Hall–Kier alpha value is -2.34. The van der Waals surface area contributed by atoms with Crippen molar-refractivity contribution in [1.29, 1.82) is 0 Å². The van der Waals surface area contributed by atoms with Crippen LogP contribution < -0.4 is 5.32 Å². The van der Waals surface area contributed by atoms with Gasteiger partial charge >= 0.3 is 5.97 Å². The highest BCUT2D eigenvalue weighted by Gasteiger charge is 2.13. The van der Waals surface area contributed by atoms with E-state index in [2.05, 4.69) is 10.3 Å². The number of thioether (sulfide) groups is 1. The molecule has 1 aromatic heterocycles. The Balaban J connectivity index is 2.18. The molecule has 0 unspecified atom stereocenters. The zero-order valence-electron chi connectivity index (χ0n) is 12.3. The van der Waals surface area contributed by atoms with Crippen LogP contribution in [0, 0.1) is 0 Å². The molecule has 1 aromatic carbocycles. The number of pyridine rings is 1. The summed E-state index contributed by atoms with van der Waals surface area (Å²) in [7, 11) is 0. The van der Waals surface area contributed by atoms with E-state index >= 15 is 0 Å². The van der Waals surface area contributed by atoms with Crippen molar-refractivity contribution in [3.63, 3.8) is 0 Å². The van der Waals surface area contributed by atoms with E-state index in [1.165, 1.54) is 11.8 Å². The Morgan fingerprint density at radius 3 is 2.82 bits per heavy atom. The van der Waals surface area contributed by atoms with Gasteiger partial charge < -0.3 is 10.1 Å². The zero-order valence-corrected chi connectivity index (χ0v) is 13.1. The molecule has 1 N–H and O–H groups in total. The minimum atomic E-state index is -0.412. The largest absolute Gasteiger partial charge is 0.462 e. The molecule has 2 rings (SSSR count). The van der Waals surface area contributed by atoms with Gasteiger partial charge in [-0.25, -0.2) is 9.78 Å². The first-order chi connectivity index (χ1) is 10.7. The molecule has 0 bridgehead atoms. The van der Waals surface area contributed by atoms with Crippen LogP contribution in [-0.2, 0) is 4.74 Å². The standard InChI is InChI=1S/C16H16N2O3S/c1-3-21-16(20)11-6-4-7-12(10-11)18-14(19)13-8-5-9-17-15(13)22-2/h4-10H,3H2,1-2H3,(H,18,19). The Kier molecular flexibility index (Phi) is 5.55. The van der Waals surface area contributed by atoms with Crippen molar-refractivity contribution in [3.05, 3.63) is 53.7 Å². The first kappa shape index (κ1) is 16.0. The van der Waals surface area contributed by atoms with Crippen molar-refractivity contribution in [2.45, 2.75) is 11.9 Å². The van der Waals surface area contributed by atoms with Gasteiger partial charge in [-0.2, -0.15) is 0 Å². The van der Waals surface area contributed by atoms with E-state index in [0.29, 0.717) is 28.4 Å². The van der Waals surface area contributed by atoms with Crippen LogP contribution in [0.2, 0.25) is 0 Å². The molecule has 0 saturated carbocycles. The zero-order chi connectivity index (χ0) is 15.9. The van der Waals surface area contributed by atoms with Crippen molar-refractivity contribution in [2.24, 2.45) is 0 Å². The fraction of sp³-hybridized carbons (Fsp3) is 0.188. The average molecular weight is 316 g/mol. The monoisotopic (exact) mass is 316 g/mol. The van der Waals surface area contributed by atoms with E-state index < -0.39 is 5.97 Å². The Morgan fingerprint density at radius 2 is 2.09 bits per heavy atom. The van der Waals surface area contributed by atoms with Crippen LogP contribution in [0.4, 0.5) is 5.69 Å². The number of aromatic nitrogens is 1. The quantitative estimate of drug-likeness (QED) is 0.677. The van der Waals surface area contributed by atoms with Gasteiger partial charge in [0.1, 0.15) is 5.03 Å². The third-order valence-corrected chi connectivity index (χ3v) is 3.55. The Bertz CT molecular complexity index is 689. The maximum atomic E-state index is 12.3. The third-order valence-electron chi connectivity index (χ3n) is 2.84. The highest BCUT2D eigenvalue weighted by atomic mass is 32.2. The summed E-state index contributed by atoms with van der Waals surface area (Å²) in [5.41, 5.74) is 1.43. The number of esters is 1. The lowest BCUT2D eigenvalue weighted by Crippen LogP contribution is -2.14. The fourth-order valence-electron chi connectivity index (χ4n) is 1.86. The summed E-state index contributed by atoms with van der Waals surface area (Å²) in [4.78, 5) is 28.2. The lowest BCUT2D eigenvalue weighted by Gasteiger charge is -2.09. The van der Waals surface area contributed by atoms with Crippen molar-refractivity contribution in [2.75, 3.05) is 18.2 Å². The summed E-state index contributed by atoms with van der Waals surface area (Å²) in [5, 5.41) is 3.42. The predicted octanol–water partition coefficient (Wildman–Crippen LogP) is 3.23. The number of carbonyl (C=O) groups is 2. The van der Waals surface area contributed by atoms with Crippen molar-refractivity contribution >= 4 is 29.3 Å². The molecule has 0 atom stereocenters. The van der Waals surface area contributed by atoms with Gasteiger partial charge in [-0.15, -0.1) is 11.8 Å². The van der Waals surface area contributed by atoms with Crippen molar-refractivity contribution in [1.82, 2.24) is 4.98 Å². The van der Waals surface area contributed by atoms with E-state index in [1.54, 1.807) is 49.5 Å². The Labute approximate surface area is 133 Å². The predicted molar refractivity (Wildman–Crippen MR) is 86.4 cm³/mol. The van der Waals surface area contributed by atoms with Crippen LogP contribution >= 0.6 is 11.8 Å². The SMILES string of the molecule is CCOC(=O)c1cccc(NC(=O)c2cccnc2SC)c1. The molecule has 0 fully saturated rings. The molecule has 6 heteroatoms. The van der Waals surface area contributed by atoms with Gasteiger partial charge in [-0.3, -0.25) is 4.79 Å². The Morgan fingerprint density at radius 1 is 1.27 bits per heavy atom. The summed E-state index contributed by atoms with van der Waals surface area (Å²) in [6.07, 6.45) is 3.50. The topological polar surface area (TPSA) is 68.3 Å². The van der Waals surface area contributed by atoms with Gasteiger partial charge in [-0.05, 0) is 43.5 Å². The molecule has 0 aliphatic heterocycles. The molecule has 0 saturated heterocycles. The second-order valence-electron chi connectivity index (χ2n) is 4.32. The highest BCUT2D eigenvalue weighted by Crippen LogP contribution is 2.19. The molecule has 114 valence electrons. The van der Waals surface area contributed by atoms with Crippen molar-refractivity contribution < 1.29 is 14.3 Å². The molecule has 2 aromatic rings. The molecular formula is C16H16N2O3S. The van der Waals surface area contributed by atoms with Gasteiger partial charge in [0.25, 0.3) is 5.91 Å². The van der Waals surface area contributed by atoms with E-state index in [0.717, 1.165) is 0 Å². The number of carbonyl (C=O) groups excluding carboxylic acids is 2. The van der Waals surface area contributed by atoms with E-state index in [-0.39, 0.29) is 5.91 Å². The molecule has 5 nitrogen and oxygen atoms in total. The van der Waals surface area contributed by atoms with Crippen molar-refractivity contribution in [3.8, 4) is 0 Å².